The standard InChI is InChI=1S/C13H16O3S/c1-13(8-16-13)9-17-10-3-4-11-12(7-10)15-6-2-5-14-11/h3-4,7H,2,5-6,8-9H2,1H3. The van der Waals surface area contributed by atoms with E-state index >= 15 is 0 Å². The summed E-state index contributed by atoms with van der Waals surface area (Å²) in [5.41, 5.74) is 0.0921. The van der Waals surface area contributed by atoms with E-state index in [1.54, 1.807) is 0 Å². The highest BCUT2D eigenvalue weighted by atomic mass is 32.2. The van der Waals surface area contributed by atoms with Crippen molar-refractivity contribution in [1.82, 2.24) is 0 Å². The van der Waals surface area contributed by atoms with E-state index in [-0.39, 0.29) is 5.60 Å². The van der Waals surface area contributed by atoms with Gasteiger partial charge in [0.1, 0.15) is 0 Å². The topological polar surface area (TPSA) is 31.0 Å². The lowest BCUT2D eigenvalue weighted by Gasteiger charge is -2.10. The Hall–Kier alpha value is -0.870. The molecule has 0 saturated carbocycles. The van der Waals surface area contributed by atoms with E-state index in [2.05, 4.69) is 19.1 Å². The molecule has 1 atom stereocenters. The van der Waals surface area contributed by atoms with Crippen LogP contribution in [-0.2, 0) is 4.74 Å². The highest BCUT2D eigenvalue weighted by Crippen LogP contribution is 2.37. The minimum atomic E-state index is 0.0921. The summed E-state index contributed by atoms with van der Waals surface area (Å²) >= 11 is 1.81. The molecule has 0 amide bonds. The minimum absolute atomic E-state index is 0.0921. The Labute approximate surface area is 105 Å². The first-order chi connectivity index (χ1) is 8.25. The fourth-order valence-corrected chi connectivity index (χ4v) is 2.67. The monoisotopic (exact) mass is 252 g/mol. The van der Waals surface area contributed by atoms with Crippen LogP contribution in [0.5, 0.6) is 11.5 Å². The molecule has 1 fully saturated rings. The molecule has 0 N–H and O–H groups in total. The van der Waals surface area contributed by atoms with E-state index in [0.29, 0.717) is 0 Å². The van der Waals surface area contributed by atoms with Gasteiger partial charge in [-0.2, -0.15) is 0 Å². The van der Waals surface area contributed by atoms with Crippen molar-refractivity contribution in [1.29, 1.82) is 0 Å². The smallest absolute Gasteiger partial charge is 0.162 e. The van der Waals surface area contributed by atoms with E-state index < -0.39 is 0 Å². The maximum atomic E-state index is 5.67. The number of thioether (sulfide) groups is 1. The van der Waals surface area contributed by atoms with Crippen LogP contribution in [0.15, 0.2) is 23.1 Å². The third-order valence-corrected chi connectivity index (χ3v) is 4.24. The first-order valence-electron chi connectivity index (χ1n) is 5.92. The molecule has 0 aliphatic carbocycles. The van der Waals surface area contributed by atoms with Crippen molar-refractivity contribution in [3.63, 3.8) is 0 Å². The van der Waals surface area contributed by atoms with E-state index in [0.717, 1.165) is 43.5 Å². The quantitative estimate of drug-likeness (QED) is 0.611. The maximum Gasteiger partial charge on any atom is 0.162 e. The van der Waals surface area contributed by atoms with Crippen molar-refractivity contribution in [3.8, 4) is 11.5 Å². The fourth-order valence-electron chi connectivity index (χ4n) is 1.68. The fraction of sp³-hybridized carbons (Fsp3) is 0.538. The summed E-state index contributed by atoms with van der Waals surface area (Å²) < 4.78 is 16.6. The third-order valence-electron chi connectivity index (χ3n) is 2.90. The van der Waals surface area contributed by atoms with Gasteiger partial charge in [-0.15, -0.1) is 11.8 Å². The summed E-state index contributed by atoms with van der Waals surface area (Å²) in [6, 6.07) is 6.15. The van der Waals surface area contributed by atoms with Gasteiger partial charge in [0.15, 0.2) is 11.5 Å². The molecule has 0 spiro atoms. The number of benzene rings is 1. The van der Waals surface area contributed by atoms with Crippen LogP contribution in [0.4, 0.5) is 0 Å². The van der Waals surface area contributed by atoms with E-state index in [1.807, 2.05) is 17.8 Å². The first-order valence-corrected chi connectivity index (χ1v) is 6.90. The van der Waals surface area contributed by atoms with Gasteiger partial charge in [-0.05, 0) is 25.1 Å². The predicted molar refractivity (Wildman–Crippen MR) is 67.1 cm³/mol. The molecule has 3 nitrogen and oxygen atoms in total. The number of epoxide rings is 1. The number of fused-ring (bicyclic) bond motifs is 1. The minimum Gasteiger partial charge on any atom is -0.490 e. The van der Waals surface area contributed by atoms with E-state index in [9.17, 15) is 0 Å². The Morgan fingerprint density at radius 1 is 1.24 bits per heavy atom. The molecule has 2 aliphatic heterocycles. The Balaban J connectivity index is 1.70. The zero-order valence-electron chi connectivity index (χ0n) is 9.90. The second-order valence-corrected chi connectivity index (χ2v) is 5.74. The lowest BCUT2D eigenvalue weighted by molar-refractivity contribution is 0.297. The number of hydrogen-bond donors (Lipinski definition) is 0. The lowest BCUT2D eigenvalue weighted by atomic mass is 10.3. The van der Waals surface area contributed by atoms with Gasteiger partial charge in [0.25, 0.3) is 0 Å². The lowest BCUT2D eigenvalue weighted by Crippen LogP contribution is -2.07. The zero-order chi connectivity index (χ0) is 11.7. The van der Waals surface area contributed by atoms with Crippen molar-refractivity contribution in [3.05, 3.63) is 18.2 Å². The van der Waals surface area contributed by atoms with Crippen molar-refractivity contribution < 1.29 is 14.2 Å². The molecule has 1 unspecified atom stereocenters. The summed E-state index contributed by atoms with van der Waals surface area (Å²) in [4.78, 5) is 1.21. The molecule has 0 bridgehead atoms. The van der Waals surface area contributed by atoms with Gasteiger partial charge in [-0.1, -0.05) is 0 Å². The van der Waals surface area contributed by atoms with Crippen LogP contribution in [0.3, 0.4) is 0 Å². The third kappa shape index (κ3) is 2.69. The van der Waals surface area contributed by atoms with Crippen molar-refractivity contribution in [2.45, 2.75) is 23.8 Å². The molecule has 0 aromatic heterocycles. The first kappa shape index (κ1) is 11.2. The van der Waals surface area contributed by atoms with Gasteiger partial charge in [0, 0.05) is 17.1 Å². The summed E-state index contributed by atoms with van der Waals surface area (Å²) in [6.45, 7) is 4.50. The molecule has 4 heteroatoms. The predicted octanol–water partition coefficient (Wildman–Crippen LogP) is 2.73. The molecular formula is C13H16O3S. The van der Waals surface area contributed by atoms with Gasteiger partial charge in [-0.25, -0.2) is 0 Å². The van der Waals surface area contributed by atoms with Crippen molar-refractivity contribution >= 4 is 11.8 Å². The zero-order valence-corrected chi connectivity index (χ0v) is 10.7. The second kappa shape index (κ2) is 4.42. The van der Waals surface area contributed by atoms with Crippen LogP contribution in [0.1, 0.15) is 13.3 Å². The van der Waals surface area contributed by atoms with E-state index in [4.69, 9.17) is 14.2 Å². The van der Waals surface area contributed by atoms with Gasteiger partial charge < -0.3 is 14.2 Å². The number of hydrogen-bond acceptors (Lipinski definition) is 4. The summed E-state index contributed by atoms with van der Waals surface area (Å²) in [6.07, 6.45) is 0.947. The molecule has 17 heavy (non-hydrogen) atoms. The maximum absolute atomic E-state index is 5.67. The van der Waals surface area contributed by atoms with Crippen molar-refractivity contribution in [2.24, 2.45) is 0 Å². The molecule has 1 aromatic rings. The second-order valence-electron chi connectivity index (χ2n) is 4.69. The molecule has 1 aromatic carbocycles. The van der Waals surface area contributed by atoms with Crippen molar-refractivity contribution in [2.75, 3.05) is 25.6 Å². The van der Waals surface area contributed by atoms with Crippen LogP contribution in [0.25, 0.3) is 0 Å². The van der Waals surface area contributed by atoms with Crippen LogP contribution in [-0.4, -0.2) is 31.2 Å². The molecule has 0 radical (unpaired) electrons. The molecule has 2 aliphatic rings. The molecule has 3 rings (SSSR count). The Morgan fingerprint density at radius 3 is 2.76 bits per heavy atom. The Kier molecular flexibility index (Phi) is 2.92. The number of rotatable bonds is 3. The van der Waals surface area contributed by atoms with Crippen LogP contribution >= 0.6 is 11.8 Å². The molecule has 92 valence electrons. The average molecular weight is 252 g/mol. The van der Waals surface area contributed by atoms with Gasteiger partial charge >= 0.3 is 0 Å². The summed E-state index contributed by atoms with van der Waals surface area (Å²) in [5.74, 6) is 2.72. The van der Waals surface area contributed by atoms with Gasteiger partial charge in [-0.3, -0.25) is 0 Å². The largest absolute Gasteiger partial charge is 0.490 e. The molecular weight excluding hydrogens is 236 g/mol. The number of ether oxygens (including phenoxy) is 3. The van der Waals surface area contributed by atoms with Crippen LogP contribution < -0.4 is 9.47 Å². The van der Waals surface area contributed by atoms with Gasteiger partial charge in [0.2, 0.25) is 0 Å². The molecule has 1 saturated heterocycles. The molecule has 2 heterocycles. The van der Waals surface area contributed by atoms with Gasteiger partial charge in [0.05, 0.1) is 25.4 Å². The summed E-state index contributed by atoms with van der Waals surface area (Å²) in [5, 5.41) is 0. The average Bonchev–Trinajstić information content (AvgIpc) is 3.10. The van der Waals surface area contributed by atoms with E-state index in [1.165, 1.54) is 4.90 Å². The summed E-state index contributed by atoms with van der Waals surface area (Å²) in [7, 11) is 0. The highest BCUT2D eigenvalue weighted by Gasteiger charge is 2.39. The SMILES string of the molecule is CC1(CSc2ccc3c(c2)OCCCO3)CO1. The Bertz CT molecular complexity index is 415. The highest BCUT2D eigenvalue weighted by molar-refractivity contribution is 7.99. The van der Waals surface area contributed by atoms with Crippen LogP contribution in [0, 0.1) is 0 Å². The Morgan fingerprint density at radius 2 is 2.00 bits per heavy atom. The normalized spacial score (nSPS) is 26.4. The van der Waals surface area contributed by atoms with Crippen LogP contribution in [0.2, 0.25) is 0 Å².